The molecule has 0 saturated heterocycles. The van der Waals surface area contributed by atoms with Gasteiger partial charge < -0.3 is 4.74 Å². The van der Waals surface area contributed by atoms with E-state index in [0.29, 0.717) is 0 Å². The first kappa shape index (κ1) is 12.4. The topological polar surface area (TPSA) is 69.4 Å². The van der Waals surface area contributed by atoms with Gasteiger partial charge in [-0.05, 0) is 19.1 Å². The fourth-order valence-electron chi connectivity index (χ4n) is 1.12. The van der Waals surface area contributed by atoms with Crippen molar-refractivity contribution in [2.45, 2.75) is 6.92 Å². The maximum atomic E-state index is 13.3. The van der Waals surface area contributed by atoms with Gasteiger partial charge in [-0.3, -0.25) is 10.1 Å². The minimum Gasteiger partial charge on any atom is -0.462 e. The molecule has 0 fully saturated rings. The first-order chi connectivity index (χ1) is 7.49. The Bertz CT molecular complexity index is 449. The number of carbonyl (C=O) groups is 1. The molecular weight excluding hydrogens is 241 g/mol. The molecule has 0 bridgehead atoms. The highest BCUT2D eigenvalue weighted by Crippen LogP contribution is 2.30. The Labute approximate surface area is 94.9 Å². The van der Waals surface area contributed by atoms with Gasteiger partial charge in [-0.25, -0.2) is 9.18 Å². The third-order valence-electron chi connectivity index (χ3n) is 1.74. The summed E-state index contributed by atoms with van der Waals surface area (Å²) in [5.41, 5.74) is -1.53. The molecule has 0 heterocycles. The van der Waals surface area contributed by atoms with Crippen LogP contribution in [-0.2, 0) is 4.74 Å². The van der Waals surface area contributed by atoms with E-state index in [0.717, 1.165) is 12.1 Å². The van der Waals surface area contributed by atoms with Gasteiger partial charge in [0.25, 0.3) is 0 Å². The molecule has 0 amide bonds. The summed E-state index contributed by atoms with van der Waals surface area (Å²) >= 11 is 5.52. The minimum atomic E-state index is -1.10. The van der Waals surface area contributed by atoms with Crippen molar-refractivity contribution >= 4 is 23.3 Å². The van der Waals surface area contributed by atoms with Gasteiger partial charge in [0, 0.05) is 0 Å². The molecule has 0 saturated carbocycles. The molecule has 0 aromatic heterocycles. The highest BCUT2D eigenvalue weighted by atomic mass is 35.5. The Morgan fingerprint density at radius 3 is 2.75 bits per heavy atom. The molecular formula is C9H7ClFNO4. The van der Waals surface area contributed by atoms with Crippen LogP contribution in [0.1, 0.15) is 17.3 Å². The number of nitrogens with zero attached hydrogens (tertiary/aromatic N) is 1. The fourth-order valence-corrected chi connectivity index (χ4v) is 1.34. The normalized spacial score (nSPS) is 9.94. The van der Waals surface area contributed by atoms with E-state index in [1.807, 2.05) is 0 Å². The highest BCUT2D eigenvalue weighted by Gasteiger charge is 2.29. The molecule has 0 atom stereocenters. The van der Waals surface area contributed by atoms with Gasteiger partial charge in [0.1, 0.15) is 10.8 Å². The van der Waals surface area contributed by atoms with E-state index >= 15 is 0 Å². The van der Waals surface area contributed by atoms with E-state index in [2.05, 4.69) is 4.74 Å². The van der Waals surface area contributed by atoms with Crippen LogP contribution in [0.15, 0.2) is 12.1 Å². The predicted molar refractivity (Wildman–Crippen MR) is 54.0 cm³/mol. The molecule has 0 spiro atoms. The number of ether oxygens (including phenoxy) is 1. The maximum absolute atomic E-state index is 13.3. The van der Waals surface area contributed by atoms with Crippen molar-refractivity contribution in [2.75, 3.05) is 6.61 Å². The lowest BCUT2D eigenvalue weighted by atomic mass is 10.1. The van der Waals surface area contributed by atoms with E-state index < -0.39 is 28.0 Å². The van der Waals surface area contributed by atoms with Gasteiger partial charge in [-0.1, -0.05) is 11.6 Å². The molecule has 5 nitrogen and oxygen atoms in total. The van der Waals surface area contributed by atoms with Gasteiger partial charge in [0.05, 0.1) is 11.5 Å². The number of benzene rings is 1. The first-order valence-corrected chi connectivity index (χ1v) is 4.66. The van der Waals surface area contributed by atoms with Gasteiger partial charge in [-0.2, -0.15) is 0 Å². The number of halogens is 2. The zero-order valence-corrected chi connectivity index (χ0v) is 8.95. The Morgan fingerprint density at radius 2 is 2.25 bits per heavy atom. The van der Waals surface area contributed by atoms with Crippen molar-refractivity contribution in [1.29, 1.82) is 0 Å². The highest BCUT2D eigenvalue weighted by molar-refractivity contribution is 6.33. The smallest absolute Gasteiger partial charge is 0.348 e. The Hall–Kier alpha value is -1.69. The van der Waals surface area contributed by atoms with Crippen LogP contribution in [0.2, 0.25) is 5.02 Å². The molecule has 86 valence electrons. The number of nitro benzene ring substituents is 1. The molecule has 0 aliphatic heterocycles. The number of carbonyl (C=O) groups excluding carboxylic acids is 1. The summed E-state index contributed by atoms with van der Waals surface area (Å²) in [7, 11) is 0. The predicted octanol–water partition coefficient (Wildman–Crippen LogP) is 2.56. The molecule has 0 aliphatic rings. The zero-order chi connectivity index (χ0) is 12.3. The minimum absolute atomic E-state index is 0.0120. The van der Waals surface area contributed by atoms with E-state index in [-0.39, 0.29) is 11.6 Å². The van der Waals surface area contributed by atoms with Crippen molar-refractivity contribution in [3.05, 3.63) is 38.7 Å². The quantitative estimate of drug-likeness (QED) is 0.468. The second-order valence-corrected chi connectivity index (χ2v) is 3.14. The lowest BCUT2D eigenvalue weighted by Crippen LogP contribution is -2.10. The second-order valence-electron chi connectivity index (χ2n) is 2.73. The molecule has 0 unspecified atom stereocenters. The standard InChI is InChI=1S/C9H7ClFNO4/c1-2-16-9(13)7-6(11)4-3-5(10)8(7)12(14)15/h3-4H,2H2,1H3. The van der Waals surface area contributed by atoms with Crippen molar-refractivity contribution in [2.24, 2.45) is 0 Å². The summed E-state index contributed by atoms with van der Waals surface area (Å²) in [6, 6.07) is 1.89. The maximum Gasteiger partial charge on any atom is 0.348 e. The number of rotatable bonds is 3. The molecule has 1 aromatic carbocycles. The van der Waals surface area contributed by atoms with Crippen LogP contribution < -0.4 is 0 Å². The van der Waals surface area contributed by atoms with Crippen LogP contribution >= 0.6 is 11.6 Å². The molecule has 1 rings (SSSR count). The molecule has 0 aliphatic carbocycles. The number of esters is 1. The van der Waals surface area contributed by atoms with Gasteiger partial charge in [-0.15, -0.1) is 0 Å². The van der Waals surface area contributed by atoms with Crippen LogP contribution in [0, 0.1) is 15.9 Å². The average molecular weight is 248 g/mol. The lowest BCUT2D eigenvalue weighted by Gasteiger charge is -2.04. The van der Waals surface area contributed by atoms with Gasteiger partial charge in [0.2, 0.25) is 0 Å². The second kappa shape index (κ2) is 4.89. The van der Waals surface area contributed by atoms with Crippen molar-refractivity contribution < 1.29 is 18.8 Å². The van der Waals surface area contributed by atoms with Crippen molar-refractivity contribution in [3.63, 3.8) is 0 Å². The third-order valence-corrected chi connectivity index (χ3v) is 2.04. The molecule has 0 N–H and O–H groups in total. The third kappa shape index (κ3) is 2.27. The average Bonchev–Trinajstić information content (AvgIpc) is 2.20. The van der Waals surface area contributed by atoms with Crippen LogP contribution in [0.3, 0.4) is 0 Å². The van der Waals surface area contributed by atoms with Crippen LogP contribution in [-0.4, -0.2) is 17.5 Å². The van der Waals surface area contributed by atoms with Crippen LogP contribution in [0.5, 0.6) is 0 Å². The molecule has 0 radical (unpaired) electrons. The summed E-state index contributed by atoms with van der Waals surface area (Å²) in [5.74, 6) is -2.14. The molecule has 7 heteroatoms. The van der Waals surface area contributed by atoms with Crippen LogP contribution in [0.4, 0.5) is 10.1 Å². The molecule has 16 heavy (non-hydrogen) atoms. The Kier molecular flexibility index (Phi) is 3.78. The van der Waals surface area contributed by atoms with Crippen molar-refractivity contribution in [3.8, 4) is 0 Å². The molecule has 1 aromatic rings. The largest absolute Gasteiger partial charge is 0.462 e. The zero-order valence-electron chi connectivity index (χ0n) is 8.20. The Morgan fingerprint density at radius 1 is 1.62 bits per heavy atom. The van der Waals surface area contributed by atoms with E-state index in [1.165, 1.54) is 6.92 Å². The summed E-state index contributed by atoms with van der Waals surface area (Å²) in [4.78, 5) is 21.0. The summed E-state index contributed by atoms with van der Waals surface area (Å²) in [6.07, 6.45) is 0. The Balaban J connectivity index is 3.40. The van der Waals surface area contributed by atoms with Crippen molar-refractivity contribution in [1.82, 2.24) is 0 Å². The van der Waals surface area contributed by atoms with Gasteiger partial charge >= 0.3 is 11.7 Å². The monoisotopic (exact) mass is 247 g/mol. The van der Waals surface area contributed by atoms with Gasteiger partial charge in [0.15, 0.2) is 5.56 Å². The van der Waals surface area contributed by atoms with E-state index in [4.69, 9.17) is 11.6 Å². The van der Waals surface area contributed by atoms with E-state index in [9.17, 15) is 19.3 Å². The number of hydrogen-bond donors (Lipinski definition) is 0. The lowest BCUT2D eigenvalue weighted by molar-refractivity contribution is -0.385. The summed E-state index contributed by atoms with van der Waals surface area (Å²) < 4.78 is 17.8. The fraction of sp³-hybridized carbons (Fsp3) is 0.222. The first-order valence-electron chi connectivity index (χ1n) is 4.28. The van der Waals surface area contributed by atoms with Crippen LogP contribution in [0.25, 0.3) is 0 Å². The van der Waals surface area contributed by atoms with E-state index in [1.54, 1.807) is 0 Å². The number of hydrogen-bond acceptors (Lipinski definition) is 4. The summed E-state index contributed by atoms with van der Waals surface area (Å²) in [5, 5.41) is 10.3. The number of nitro groups is 1. The SMILES string of the molecule is CCOC(=O)c1c(F)ccc(Cl)c1[N+](=O)[O-]. The summed E-state index contributed by atoms with van der Waals surface area (Å²) in [6.45, 7) is 1.49.